The fourth-order valence-electron chi connectivity index (χ4n) is 0. The highest BCUT2D eigenvalue weighted by Crippen LogP contribution is 0.473. The molecule has 0 unspecified atom stereocenters. The molecular formula is O3Si3. The number of rotatable bonds is 0. The van der Waals surface area contributed by atoms with E-state index >= 15 is 0 Å². The van der Waals surface area contributed by atoms with E-state index in [9.17, 15) is 0 Å². The van der Waals surface area contributed by atoms with Crippen LogP contribution in [0.25, 0.3) is 0 Å². The summed E-state index contributed by atoms with van der Waals surface area (Å²) in [6, 6.07) is 0. The van der Waals surface area contributed by atoms with E-state index in [-0.39, 0.29) is 0 Å². The zero-order valence-electron chi connectivity index (χ0n) is 2.72. The van der Waals surface area contributed by atoms with Gasteiger partial charge in [0, 0.05) is 0 Å². The minimum Gasteiger partial charge on any atom is -0.381 e. The van der Waals surface area contributed by atoms with Gasteiger partial charge in [0.25, 0.3) is 0 Å². The number of hydrogen-bond donors (Lipinski definition) is 0. The van der Waals surface area contributed by atoms with E-state index in [4.69, 9.17) is 13.4 Å². The molecule has 0 saturated heterocycles. The summed E-state index contributed by atoms with van der Waals surface area (Å²) < 4.78 is 24.2. The maximum Gasteiger partial charge on any atom is 0.381 e. The lowest BCUT2D eigenvalue weighted by atomic mass is 16.0. The first-order chi connectivity index (χ1) is 3.00. The molecule has 6 heavy (non-hydrogen) atoms. The van der Waals surface area contributed by atoms with Gasteiger partial charge in [-0.1, -0.05) is 0 Å². The Bertz CT molecular complexity index is 10.8. The summed E-state index contributed by atoms with van der Waals surface area (Å²) in [4.78, 5) is 0. The van der Waals surface area contributed by atoms with Crippen molar-refractivity contribution in [2.24, 2.45) is 0 Å². The van der Waals surface area contributed by atoms with Crippen molar-refractivity contribution < 1.29 is 13.4 Å². The lowest BCUT2D eigenvalue weighted by molar-refractivity contribution is 0.589. The van der Waals surface area contributed by atoms with Crippen molar-refractivity contribution >= 4 is 30.4 Å². The molecule has 30 valence electrons. The molecule has 0 N–H and O–H groups in total. The Labute approximate surface area is 44.6 Å². The van der Waals surface area contributed by atoms with Crippen molar-refractivity contribution in [1.29, 1.82) is 0 Å². The standard InChI is InChI=1S/3OSi/c3*1-2. The highest BCUT2D eigenvalue weighted by Gasteiger charge is 0.807. The van der Waals surface area contributed by atoms with E-state index in [2.05, 4.69) is 0 Å². The molecule has 3 nitrogen and oxygen atoms in total. The SMILES string of the molecule is O=[Si].O=[Si].O=[Si]. The Kier molecular flexibility index (Phi) is 89300. The second-order valence-electron chi connectivity index (χ2n) is 0. The molecule has 0 aliphatic carbocycles. The Morgan fingerprint density at radius 1 is 0.500 bits per heavy atom. The second-order valence-corrected chi connectivity index (χ2v) is 0. The van der Waals surface area contributed by atoms with Crippen LogP contribution in [-0.2, 0) is 13.4 Å². The van der Waals surface area contributed by atoms with Crippen molar-refractivity contribution in [1.82, 2.24) is 0 Å². The Morgan fingerprint density at radius 2 is 0.500 bits per heavy atom. The largest absolute Gasteiger partial charge is 0.381 e. The topological polar surface area (TPSA) is 51.2 Å². The van der Waals surface area contributed by atoms with Crippen molar-refractivity contribution in [2.45, 2.75) is 0 Å². The van der Waals surface area contributed by atoms with Crippen LogP contribution in [0.3, 0.4) is 0 Å². The zero-order chi connectivity index (χ0) is 6.00. The van der Waals surface area contributed by atoms with Crippen LogP contribution in [0.2, 0.25) is 0 Å². The summed E-state index contributed by atoms with van der Waals surface area (Å²) in [5, 5.41) is 0. The molecule has 0 heterocycles. The molecule has 0 aromatic carbocycles. The van der Waals surface area contributed by atoms with Crippen molar-refractivity contribution in [3.8, 4) is 0 Å². The third-order valence-corrected chi connectivity index (χ3v) is 0. The first-order valence-corrected chi connectivity index (χ1v) is 1.84. The van der Waals surface area contributed by atoms with Crippen LogP contribution >= 0.6 is 0 Å². The summed E-state index contributed by atoms with van der Waals surface area (Å²) in [6.45, 7) is 0. The predicted molar refractivity (Wildman–Crippen MR) is 19.3 cm³/mol. The van der Waals surface area contributed by atoms with Crippen LogP contribution in [0.4, 0.5) is 0 Å². The van der Waals surface area contributed by atoms with E-state index in [1.54, 1.807) is 30.4 Å². The minimum atomic E-state index is 1.72. The maximum atomic E-state index is 8.06. The Balaban J connectivity index is -0.0000000225. The smallest absolute Gasteiger partial charge is 0.381 e. The first-order valence-electron chi connectivity index (χ1n) is 0.612. The fraction of sp³-hybridized carbons (Fsp3) is 0. The average molecular weight is 132 g/mol. The summed E-state index contributed by atoms with van der Waals surface area (Å²) in [6.07, 6.45) is 0. The molecule has 0 fully saturated rings. The molecule has 0 saturated carbocycles. The van der Waals surface area contributed by atoms with Gasteiger partial charge >= 0.3 is 30.4 Å². The van der Waals surface area contributed by atoms with Gasteiger partial charge in [0.15, 0.2) is 0 Å². The van der Waals surface area contributed by atoms with Crippen LogP contribution < -0.4 is 0 Å². The third-order valence-electron chi connectivity index (χ3n) is 0. The predicted octanol–water partition coefficient (Wildman–Crippen LogP) is -1.50. The molecule has 0 aliphatic rings. The van der Waals surface area contributed by atoms with Gasteiger partial charge in [-0.3, -0.25) is 0 Å². The molecule has 0 aromatic rings. The van der Waals surface area contributed by atoms with Gasteiger partial charge in [0.05, 0.1) is 0 Å². The summed E-state index contributed by atoms with van der Waals surface area (Å²) in [5.41, 5.74) is 0. The van der Waals surface area contributed by atoms with Crippen LogP contribution in [0.1, 0.15) is 0 Å². The van der Waals surface area contributed by atoms with E-state index < -0.39 is 0 Å². The van der Waals surface area contributed by atoms with Crippen LogP contribution in [-0.4, -0.2) is 30.4 Å². The molecule has 0 aromatic heterocycles. The molecule has 0 amide bonds. The van der Waals surface area contributed by atoms with E-state index in [0.717, 1.165) is 0 Å². The highest BCUT2D eigenvalue weighted by atomic mass is 28.1. The molecule has 0 rings (SSSR count). The van der Waals surface area contributed by atoms with E-state index in [0.29, 0.717) is 0 Å². The Morgan fingerprint density at radius 3 is 0.500 bits per heavy atom. The van der Waals surface area contributed by atoms with Crippen LogP contribution in [0.5, 0.6) is 0 Å². The third kappa shape index (κ3) is 14700. The van der Waals surface area contributed by atoms with Crippen LogP contribution in [0, 0.1) is 0 Å². The molecule has 0 aliphatic heterocycles. The van der Waals surface area contributed by atoms with Gasteiger partial charge in [-0.2, -0.15) is 0 Å². The van der Waals surface area contributed by atoms with Gasteiger partial charge in [-0.25, -0.2) is 0 Å². The molecular weight excluding hydrogens is 132 g/mol. The van der Waals surface area contributed by atoms with Crippen molar-refractivity contribution in [2.75, 3.05) is 0 Å². The van der Waals surface area contributed by atoms with Gasteiger partial charge in [-0.05, 0) is 0 Å². The van der Waals surface area contributed by atoms with E-state index in [1.807, 2.05) is 0 Å². The lowest BCUT2D eigenvalue weighted by Gasteiger charge is -0.803. The maximum absolute atomic E-state index is 8.06. The van der Waals surface area contributed by atoms with Crippen LogP contribution in [0.15, 0.2) is 0 Å². The summed E-state index contributed by atoms with van der Waals surface area (Å²) in [5.74, 6) is 0. The minimum absolute atomic E-state index is 1.72. The molecule has 0 atom stereocenters. The monoisotopic (exact) mass is 132 g/mol. The molecule has 6 radical (unpaired) electrons. The lowest BCUT2D eigenvalue weighted by Crippen LogP contribution is -0.969. The average Bonchev–Trinajstić information content (AvgIpc) is 1.81. The summed E-state index contributed by atoms with van der Waals surface area (Å²) in [7, 11) is 5.17. The number of hydrogen-bond acceptors (Lipinski definition) is 3. The molecule has 0 spiro atoms. The highest BCUT2D eigenvalue weighted by molar-refractivity contribution is 5.85. The quantitative estimate of drug-likeness (QED) is 0.377. The van der Waals surface area contributed by atoms with Gasteiger partial charge in [-0.15, -0.1) is 0 Å². The molecule has 6 heteroatoms. The summed E-state index contributed by atoms with van der Waals surface area (Å²) >= 11 is 0. The zero-order valence-corrected chi connectivity index (χ0v) is 5.72. The molecule has 0 bridgehead atoms. The van der Waals surface area contributed by atoms with E-state index in [1.165, 1.54) is 0 Å². The Hall–Kier alpha value is 0.0506. The fourth-order valence-corrected chi connectivity index (χ4v) is 0. The normalized spacial score (nSPS) is 2.00. The van der Waals surface area contributed by atoms with Gasteiger partial charge < -0.3 is 13.4 Å². The second kappa shape index (κ2) is 32300. The van der Waals surface area contributed by atoms with Gasteiger partial charge in [0.2, 0.25) is 0 Å². The van der Waals surface area contributed by atoms with Crippen molar-refractivity contribution in [3.63, 3.8) is 0 Å². The first kappa shape index (κ1) is 16.6. The van der Waals surface area contributed by atoms with Crippen molar-refractivity contribution in [3.05, 3.63) is 0 Å². The van der Waals surface area contributed by atoms with Gasteiger partial charge in [0.1, 0.15) is 0 Å².